The van der Waals surface area contributed by atoms with E-state index in [4.69, 9.17) is 10.5 Å². The van der Waals surface area contributed by atoms with Crippen LogP contribution in [0.5, 0.6) is 11.5 Å². The molecule has 1 unspecified atom stereocenters. The highest BCUT2D eigenvalue weighted by molar-refractivity contribution is 5.40. The van der Waals surface area contributed by atoms with Crippen LogP contribution in [0.1, 0.15) is 25.8 Å². The molecule has 2 rings (SSSR count). The van der Waals surface area contributed by atoms with E-state index in [-0.39, 0.29) is 17.2 Å². The molecule has 0 radical (unpaired) electrons. The third-order valence-electron chi connectivity index (χ3n) is 4.27. The van der Waals surface area contributed by atoms with Crippen molar-refractivity contribution in [3.05, 3.63) is 23.8 Å². The van der Waals surface area contributed by atoms with Crippen LogP contribution in [-0.4, -0.2) is 37.8 Å². The SMILES string of the molecule is COc1ccc(OC(F)F)c(CN2CCC(N)C(C)(C)C2)c1. The summed E-state index contributed by atoms with van der Waals surface area (Å²) in [5.41, 5.74) is 6.84. The minimum Gasteiger partial charge on any atom is -0.497 e. The van der Waals surface area contributed by atoms with E-state index < -0.39 is 6.61 Å². The Hall–Kier alpha value is -1.40. The number of piperidine rings is 1. The maximum atomic E-state index is 12.6. The van der Waals surface area contributed by atoms with Crippen molar-refractivity contribution in [2.75, 3.05) is 20.2 Å². The fourth-order valence-electron chi connectivity index (χ4n) is 2.88. The lowest BCUT2D eigenvalue weighted by atomic mass is 9.79. The minimum absolute atomic E-state index is 0.000845. The van der Waals surface area contributed by atoms with E-state index in [0.717, 1.165) is 19.5 Å². The van der Waals surface area contributed by atoms with Gasteiger partial charge in [0.15, 0.2) is 0 Å². The van der Waals surface area contributed by atoms with Crippen molar-refractivity contribution in [2.45, 2.75) is 39.5 Å². The zero-order valence-electron chi connectivity index (χ0n) is 13.3. The smallest absolute Gasteiger partial charge is 0.387 e. The molecule has 2 N–H and O–H groups in total. The zero-order chi connectivity index (χ0) is 16.3. The lowest BCUT2D eigenvalue weighted by molar-refractivity contribution is -0.0510. The maximum Gasteiger partial charge on any atom is 0.387 e. The third-order valence-corrected chi connectivity index (χ3v) is 4.27. The molecule has 0 aromatic heterocycles. The van der Waals surface area contributed by atoms with Gasteiger partial charge >= 0.3 is 6.61 Å². The Balaban J connectivity index is 2.16. The van der Waals surface area contributed by atoms with Crippen molar-refractivity contribution in [1.82, 2.24) is 4.90 Å². The van der Waals surface area contributed by atoms with Gasteiger partial charge in [0.25, 0.3) is 0 Å². The van der Waals surface area contributed by atoms with Crippen molar-refractivity contribution in [2.24, 2.45) is 11.1 Å². The number of nitrogens with zero attached hydrogens (tertiary/aromatic N) is 1. The summed E-state index contributed by atoms with van der Waals surface area (Å²) >= 11 is 0. The van der Waals surface area contributed by atoms with Crippen LogP contribution in [0.2, 0.25) is 0 Å². The molecule has 0 aliphatic carbocycles. The monoisotopic (exact) mass is 314 g/mol. The van der Waals surface area contributed by atoms with Gasteiger partial charge in [0.1, 0.15) is 11.5 Å². The average molecular weight is 314 g/mol. The second-order valence-electron chi connectivity index (χ2n) is 6.45. The lowest BCUT2D eigenvalue weighted by Gasteiger charge is -2.42. The Kier molecular flexibility index (Phi) is 5.24. The van der Waals surface area contributed by atoms with Gasteiger partial charge in [-0.05, 0) is 30.0 Å². The molecule has 0 spiro atoms. The summed E-state index contributed by atoms with van der Waals surface area (Å²) in [6.45, 7) is 3.63. The largest absolute Gasteiger partial charge is 0.497 e. The Labute approximate surface area is 130 Å². The van der Waals surface area contributed by atoms with E-state index >= 15 is 0 Å². The maximum absolute atomic E-state index is 12.6. The van der Waals surface area contributed by atoms with Gasteiger partial charge in [-0.3, -0.25) is 4.90 Å². The molecule has 22 heavy (non-hydrogen) atoms. The zero-order valence-corrected chi connectivity index (χ0v) is 13.3. The number of hydrogen-bond acceptors (Lipinski definition) is 4. The van der Waals surface area contributed by atoms with Crippen LogP contribution in [0.25, 0.3) is 0 Å². The van der Waals surface area contributed by atoms with Crippen LogP contribution in [-0.2, 0) is 6.54 Å². The first-order chi connectivity index (χ1) is 10.3. The number of nitrogens with two attached hydrogens (primary N) is 1. The molecular formula is C16H24F2N2O2. The second-order valence-corrected chi connectivity index (χ2v) is 6.45. The molecule has 1 atom stereocenters. The normalized spacial score (nSPS) is 21.9. The summed E-state index contributed by atoms with van der Waals surface area (Å²) < 4.78 is 34.9. The van der Waals surface area contributed by atoms with E-state index in [9.17, 15) is 8.78 Å². The average Bonchev–Trinajstić information content (AvgIpc) is 2.44. The topological polar surface area (TPSA) is 47.7 Å². The van der Waals surface area contributed by atoms with E-state index in [1.807, 2.05) is 0 Å². The molecule has 6 heteroatoms. The number of rotatable bonds is 5. The van der Waals surface area contributed by atoms with Crippen molar-refractivity contribution in [1.29, 1.82) is 0 Å². The summed E-state index contributed by atoms with van der Waals surface area (Å²) in [7, 11) is 1.55. The molecule has 0 bridgehead atoms. The molecule has 1 aromatic carbocycles. The quantitative estimate of drug-likeness (QED) is 0.908. The highest BCUT2D eigenvalue weighted by Crippen LogP contribution is 2.31. The van der Waals surface area contributed by atoms with E-state index in [1.165, 1.54) is 6.07 Å². The third kappa shape index (κ3) is 4.08. The van der Waals surface area contributed by atoms with Gasteiger partial charge in [-0.15, -0.1) is 0 Å². The second kappa shape index (κ2) is 6.79. The molecule has 124 valence electrons. The van der Waals surface area contributed by atoms with Gasteiger partial charge < -0.3 is 15.2 Å². The summed E-state index contributed by atoms with van der Waals surface area (Å²) in [6.07, 6.45) is 0.891. The van der Waals surface area contributed by atoms with Crippen LogP contribution in [0.15, 0.2) is 18.2 Å². The number of likely N-dealkylation sites (tertiary alicyclic amines) is 1. The van der Waals surface area contributed by atoms with Gasteiger partial charge in [0, 0.05) is 31.2 Å². The van der Waals surface area contributed by atoms with Crippen LogP contribution < -0.4 is 15.2 Å². The predicted octanol–water partition coefficient (Wildman–Crippen LogP) is 2.86. The lowest BCUT2D eigenvalue weighted by Crippen LogP contribution is -2.52. The Bertz CT molecular complexity index is 509. The van der Waals surface area contributed by atoms with Crippen LogP contribution in [0, 0.1) is 5.41 Å². The van der Waals surface area contributed by atoms with E-state index in [1.54, 1.807) is 19.2 Å². The number of hydrogen-bond donors (Lipinski definition) is 1. The fraction of sp³-hybridized carbons (Fsp3) is 0.625. The fourth-order valence-corrected chi connectivity index (χ4v) is 2.88. The number of ether oxygens (including phenoxy) is 2. The number of benzene rings is 1. The van der Waals surface area contributed by atoms with Gasteiger partial charge in [-0.1, -0.05) is 13.8 Å². The van der Waals surface area contributed by atoms with E-state index in [2.05, 4.69) is 23.5 Å². The van der Waals surface area contributed by atoms with Gasteiger partial charge in [0.2, 0.25) is 0 Å². The molecule has 1 saturated heterocycles. The Morgan fingerprint density at radius 1 is 1.41 bits per heavy atom. The van der Waals surface area contributed by atoms with Crippen molar-refractivity contribution in [3.8, 4) is 11.5 Å². The number of alkyl halides is 2. The molecule has 4 nitrogen and oxygen atoms in total. The molecular weight excluding hydrogens is 290 g/mol. The minimum atomic E-state index is -2.83. The molecule has 1 aliphatic heterocycles. The summed E-state index contributed by atoms with van der Waals surface area (Å²) in [5, 5.41) is 0. The first-order valence-electron chi connectivity index (χ1n) is 7.41. The number of methoxy groups -OCH3 is 1. The van der Waals surface area contributed by atoms with Gasteiger partial charge in [0.05, 0.1) is 7.11 Å². The van der Waals surface area contributed by atoms with Crippen molar-refractivity contribution in [3.63, 3.8) is 0 Å². The van der Waals surface area contributed by atoms with E-state index in [0.29, 0.717) is 17.9 Å². The summed E-state index contributed by atoms with van der Waals surface area (Å²) in [4.78, 5) is 2.22. The summed E-state index contributed by atoms with van der Waals surface area (Å²) in [6, 6.07) is 5.06. The van der Waals surface area contributed by atoms with Gasteiger partial charge in [-0.25, -0.2) is 0 Å². The number of halogens is 2. The Morgan fingerprint density at radius 2 is 2.14 bits per heavy atom. The van der Waals surface area contributed by atoms with Crippen LogP contribution >= 0.6 is 0 Å². The summed E-state index contributed by atoms with van der Waals surface area (Å²) in [5.74, 6) is 0.827. The van der Waals surface area contributed by atoms with Crippen molar-refractivity contribution >= 4 is 0 Å². The molecule has 1 aromatic rings. The predicted molar refractivity (Wildman–Crippen MR) is 81.3 cm³/mol. The standard InChI is InChI=1S/C16H24F2N2O2/c1-16(2)10-20(7-6-14(16)19)9-11-8-12(21-3)4-5-13(11)22-15(17)18/h4-5,8,14-15H,6-7,9-10,19H2,1-3H3. The first-order valence-corrected chi connectivity index (χ1v) is 7.41. The van der Waals surface area contributed by atoms with Crippen molar-refractivity contribution < 1.29 is 18.3 Å². The highest BCUT2D eigenvalue weighted by Gasteiger charge is 2.33. The van der Waals surface area contributed by atoms with Crippen LogP contribution in [0.4, 0.5) is 8.78 Å². The molecule has 0 saturated carbocycles. The van der Waals surface area contributed by atoms with Crippen LogP contribution in [0.3, 0.4) is 0 Å². The Morgan fingerprint density at radius 3 is 2.73 bits per heavy atom. The molecule has 1 aliphatic rings. The van der Waals surface area contributed by atoms with Gasteiger partial charge in [-0.2, -0.15) is 8.78 Å². The molecule has 1 fully saturated rings. The highest BCUT2D eigenvalue weighted by atomic mass is 19.3. The molecule has 0 amide bonds. The first kappa shape index (κ1) is 17.0. The molecule has 1 heterocycles.